The maximum Gasteiger partial charge on any atom is 0.315 e. The van der Waals surface area contributed by atoms with E-state index < -0.39 is 0 Å². The highest BCUT2D eigenvalue weighted by Gasteiger charge is 2.20. The molecule has 0 spiro atoms. The van der Waals surface area contributed by atoms with Gasteiger partial charge in [-0.05, 0) is 32.6 Å². The minimum atomic E-state index is -0.338. The van der Waals surface area contributed by atoms with E-state index in [4.69, 9.17) is 0 Å². The molecular weight excluding hydrogens is 192 g/mol. The number of hydrogen-bond acceptors (Lipinski definition) is 2. The molecule has 4 heteroatoms. The highest BCUT2D eigenvalue weighted by atomic mass is 16.3. The zero-order valence-electron chi connectivity index (χ0n) is 10.4. The SMILES string of the molecule is CC(O)CC(C)(C)CNC(=O)NC(C)C. The van der Waals surface area contributed by atoms with Crippen molar-refractivity contribution < 1.29 is 9.90 Å². The second-order valence-electron chi connectivity index (χ2n) is 5.20. The van der Waals surface area contributed by atoms with E-state index in [9.17, 15) is 9.90 Å². The van der Waals surface area contributed by atoms with Crippen LogP contribution in [0, 0.1) is 5.41 Å². The topological polar surface area (TPSA) is 61.4 Å². The summed E-state index contributed by atoms with van der Waals surface area (Å²) < 4.78 is 0. The third kappa shape index (κ3) is 8.24. The number of nitrogens with one attached hydrogen (secondary N) is 2. The number of hydrogen-bond donors (Lipinski definition) is 3. The van der Waals surface area contributed by atoms with Crippen molar-refractivity contribution in [1.82, 2.24) is 10.6 Å². The van der Waals surface area contributed by atoms with Crippen molar-refractivity contribution in [3.8, 4) is 0 Å². The molecule has 90 valence electrons. The Bertz CT molecular complexity index is 201. The first kappa shape index (κ1) is 14.2. The highest BCUT2D eigenvalue weighted by molar-refractivity contribution is 5.74. The molecule has 4 nitrogen and oxygen atoms in total. The molecule has 0 aliphatic heterocycles. The molecule has 0 saturated carbocycles. The van der Waals surface area contributed by atoms with Crippen molar-refractivity contribution in [3.05, 3.63) is 0 Å². The van der Waals surface area contributed by atoms with Gasteiger partial charge in [-0.2, -0.15) is 0 Å². The average Bonchev–Trinajstić information content (AvgIpc) is 1.97. The molecule has 0 fully saturated rings. The zero-order valence-corrected chi connectivity index (χ0v) is 10.4. The van der Waals surface area contributed by atoms with Gasteiger partial charge in [0.05, 0.1) is 6.10 Å². The molecule has 0 saturated heterocycles. The smallest absolute Gasteiger partial charge is 0.315 e. The first-order valence-corrected chi connectivity index (χ1v) is 5.45. The minimum absolute atomic E-state index is 0.0809. The van der Waals surface area contributed by atoms with Crippen LogP contribution >= 0.6 is 0 Å². The van der Waals surface area contributed by atoms with E-state index in [0.29, 0.717) is 13.0 Å². The quantitative estimate of drug-likeness (QED) is 0.652. The van der Waals surface area contributed by atoms with Crippen molar-refractivity contribution in [2.75, 3.05) is 6.54 Å². The Morgan fingerprint density at radius 2 is 1.87 bits per heavy atom. The van der Waals surface area contributed by atoms with Crippen molar-refractivity contribution in [2.45, 2.75) is 53.2 Å². The van der Waals surface area contributed by atoms with Crippen LogP contribution in [0.3, 0.4) is 0 Å². The zero-order chi connectivity index (χ0) is 12.1. The highest BCUT2D eigenvalue weighted by Crippen LogP contribution is 2.20. The number of rotatable bonds is 5. The molecule has 0 bridgehead atoms. The van der Waals surface area contributed by atoms with Gasteiger partial charge in [-0.1, -0.05) is 13.8 Å². The van der Waals surface area contributed by atoms with Crippen LogP contribution in [0.25, 0.3) is 0 Å². The lowest BCUT2D eigenvalue weighted by Gasteiger charge is -2.26. The van der Waals surface area contributed by atoms with Crippen molar-refractivity contribution >= 4 is 6.03 Å². The van der Waals surface area contributed by atoms with Crippen molar-refractivity contribution in [2.24, 2.45) is 5.41 Å². The van der Waals surface area contributed by atoms with Gasteiger partial charge in [0.2, 0.25) is 0 Å². The van der Waals surface area contributed by atoms with E-state index in [2.05, 4.69) is 10.6 Å². The largest absolute Gasteiger partial charge is 0.393 e. The normalized spacial score (nSPS) is 13.8. The van der Waals surface area contributed by atoms with E-state index in [1.165, 1.54) is 0 Å². The second-order valence-corrected chi connectivity index (χ2v) is 5.20. The molecule has 0 rings (SSSR count). The maximum absolute atomic E-state index is 11.3. The van der Waals surface area contributed by atoms with Gasteiger partial charge < -0.3 is 15.7 Å². The molecule has 3 N–H and O–H groups in total. The van der Waals surface area contributed by atoms with Gasteiger partial charge in [-0.15, -0.1) is 0 Å². The first-order chi connectivity index (χ1) is 6.73. The Labute approximate surface area is 92.4 Å². The van der Waals surface area contributed by atoms with Crippen molar-refractivity contribution in [3.63, 3.8) is 0 Å². The summed E-state index contributed by atoms with van der Waals surface area (Å²) in [6.07, 6.45) is 0.338. The second kappa shape index (κ2) is 5.95. The maximum atomic E-state index is 11.3. The van der Waals surface area contributed by atoms with E-state index in [0.717, 1.165) is 0 Å². The average molecular weight is 216 g/mol. The Morgan fingerprint density at radius 3 is 2.27 bits per heavy atom. The molecule has 0 aliphatic rings. The number of aliphatic hydroxyl groups excluding tert-OH is 1. The van der Waals surface area contributed by atoms with Gasteiger partial charge in [0, 0.05) is 12.6 Å². The fraction of sp³-hybridized carbons (Fsp3) is 0.909. The van der Waals surface area contributed by atoms with Gasteiger partial charge in [0.1, 0.15) is 0 Å². The molecule has 15 heavy (non-hydrogen) atoms. The molecule has 0 radical (unpaired) electrons. The Hall–Kier alpha value is -0.770. The molecule has 0 aromatic heterocycles. The molecule has 0 aromatic carbocycles. The third-order valence-electron chi connectivity index (χ3n) is 2.00. The van der Waals surface area contributed by atoms with E-state index in [1.54, 1.807) is 6.92 Å². The molecule has 1 unspecified atom stereocenters. The molecule has 2 amide bonds. The molecule has 0 aromatic rings. The summed E-state index contributed by atoms with van der Waals surface area (Å²) in [4.78, 5) is 11.3. The van der Waals surface area contributed by atoms with Gasteiger partial charge in [0.25, 0.3) is 0 Å². The summed E-state index contributed by atoms with van der Waals surface area (Å²) in [6.45, 7) is 10.2. The summed E-state index contributed by atoms with van der Waals surface area (Å²) in [7, 11) is 0. The van der Waals surface area contributed by atoms with Crippen LogP contribution in [0.5, 0.6) is 0 Å². The van der Waals surface area contributed by atoms with Crippen LogP contribution in [0.4, 0.5) is 4.79 Å². The minimum Gasteiger partial charge on any atom is -0.393 e. The summed E-state index contributed by atoms with van der Waals surface area (Å²) in [5, 5.41) is 14.8. The lowest BCUT2D eigenvalue weighted by molar-refractivity contribution is 0.128. The third-order valence-corrected chi connectivity index (χ3v) is 2.00. The summed E-state index contributed by atoms with van der Waals surface area (Å²) in [5.74, 6) is 0. The fourth-order valence-electron chi connectivity index (χ4n) is 1.50. The summed E-state index contributed by atoms with van der Waals surface area (Å²) in [5.41, 5.74) is -0.0809. The van der Waals surface area contributed by atoms with Crippen LogP contribution < -0.4 is 10.6 Å². The first-order valence-electron chi connectivity index (χ1n) is 5.45. The van der Waals surface area contributed by atoms with Crippen LogP contribution in [-0.4, -0.2) is 29.8 Å². The number of aliphatic hydroxyl groups is 1. The fourth-order valence-corrected chi connectivity index (χ4v) is 1.50. The van der Waals surface area contributed by atoms with E-state index >= 15 is 0 Å². The lowest BCUT2D eigenvalue weighted by Crippen LogP contribution is -2.43. The van der Waals surface area contributed by atoms with E-state index in [-0.39, 0.29) is 23.6 Å². The molecule has 0 aliphatic carbocycles. The van der Waals surface area contributed by atoms with Crippen LogP contribution in [0.2, 0.25) is 0 Å². The number of urea groups is 1. The van der Waals surface area contributed by atoms with Gasteiger partial charge in [0.15, 0.2) is 0 Å². The molecular formula is C11H24N2O2. The number of carbonyl (C=O) groups is 1. The van der Waals surface area contributed by atoms with Gasteiger partial charge >= 0.3 is 6.03 Å². The van der Waals surface area contributed by atoms with Crippen LogP contribution in [0.15, 0.2) is 0 Å². The Balaban J connectivity index is 3.87. The lowest BCUT2D eigenvalue weighted by atomic mass is 9.87. The Kier molecular flexibility index (Phi) is 5.65. The number of carbonyl (C=O) groups excluding carboxylic acids is 1. The molecule has 1 atom stereocenters. The van der Waals surface area contributed by atoms with Gasteiger partial charge in [-0.25, -0.2) is 4.79 Å². The van der Waals surface area contributed by atoms with Gasteiger partial charge in [-0.3, -0.25) is 0 Å². The van der Waals surface area contributed by atoms with Crippen LogP contribution in [-0.2, 0) is 0 Å². The summed E-state index contributed by atoms with van der Waals surface area (Å²) in [6, 6.07) is -0.00598. The molecule has 0 heterocycles. The number of amides is 2. The van der Waals surface area contributed by atoms with E-state index in [1.807, 2.05) is 27.7 Å². The Morgan fingerprint density at radius 1 is 1.33 bits per heavy atom. The summed E-state index contributed by atoms with van der Waals surface area (Å²) >= 11 is 0. The predicted octanol–water partition coefficient (Wildman–Crippen LogP) is 1.49. The van der Waals surface area contributed by atoms with Crippen molar-refractivity contribution in [1.29, 1.82) is 0 Å². The predicted molar refractivity (Wildman–Crippen MR) is 61.7 cm³/mol. The van der Waals surface area contributed by atoms with Crippen LogP contribution in [0.1, 0.15) is 41.0 Å². The standard InChI is InChI=1S/C11H24N2O2/c1-8(2)13-10(15)12-7-11(4,5)6-9(3)14/h8-9,14H,6-7H2,1-5H3,(H2,12,13,15). The monoisotopic (exact) mass is 216 g/mol.